The Morgan fingerprint density at radius 3 is 2.56 bits per heavy atom. The van der Waals surface area contributed by atoms with E-state index in [-0.39, 0.29) is 6.04 Å². The molecule has 0 amide bonds. The molecule has 4 nitrogen and oxygen atoms in total. The first-order chi connectivity index (χ1) is 12.1. The van der Waals surface area contributed by atoms with Crippen molar-refractivity contribution in [3.8, 4) is 5.75 Å². The average molecular weight is 392 g/mol. The lowest BCUT2D eigenvalue weighted by molar-refractivity contribution is 0.350. The lowest BCUT2D eigenvalue weighted by Crippen LogP contribution is -2.39. The molecular formula is C18H17NO3S3. The van der Waals surface area contributed by atoms with Gasteiger partial charge in [0.25, 0.3) is 0 Å². The van der Waals surface area contributed by atoms with Crippen molar-refractivity contribution < 1.29 is 13.2 Å². The topological polar surface area (TPSA) is 46.6 Å². The zero-order chi connectivity index (χ0) is 17.4. The van der Waals surface area contributed by atoms with Crippen LogP contribution in [0.2, 0.25) is 0 Å². The minimum absolute atomic E-state index is 0.248. The normalized spacial score (nSPS) is 18.0. The molecule has 0 saturated carbocycles. The Bertz CT molecular complexity index is 959. The molecule has 3 aromatic rings. The predicted octanol–water partition coefficient (Wildman–Crippen LogP) is 4.15. The summed E-state index contributed by atoms with van der Waals surface area (Å²) in [6.45, 7) is 0.491. The summed E-state index contributed by atoms with van der Waals surface area (Å²) in [5, 5.41) is 4.04. The van der Waals surface area contributed by atoms with E-state index in [1.54, 1.807) is 58.4 Å². The molecule has 1 atom stereocenters. The molecule has 25 heavy (non-hydrogen) atoms. The maximum absolute atomic E-state index is 13.3. The van der Waals surface area contributed by atoms with Crippen molar-refractivity contribution in [3.63, 3.8) is 0 Å². The summed E-state index contributed by atoms with van der Waals surface area (Å²) in [5.41, 5.74) is 1.11. The van der Waals surface area contributed by atoms with Gasteiger partial charge in [-0.05, 0) is 59.1 Å². The molecule has 1 aliphatic rings. The third-order valence-corrected chi connectivity index (χ3v) is 8.20. The molecule has 1 unspecified atom stereocenters. The van der Waals surface area contributed by atoms with E-state index in [1.807, 2.05) is 17.5 Å². The first kappa shape index (κ1) is 16.8. The standard InChI is InChI=1S/C18H17NO3S3/c1-22-13-4-6-14(7-5-13)25(20,21)19-10-8-16-15(9-12-24-16)18(19)17-3-2-11-23-17/h2-7,9,11-12,18H,8,10H2,1H3. The quantitative estimate of drug-likeness (QED) is 0.671. The van der Waals surface area contributed by atoms with Crippen LogP contribution in [0, 0.1) is 0 Å². The molecule has 0 radical (unpaired) electrons. The summed E-state index contributed by atoms with van der Waals surface area (Å²) in [4.78, 5) is 2.63. The zero-order valence-electron chi connectivity index (χ0n) is 13.6. The van der Waals surface area contributed by atoms with Crippen molar-refractivity contribution in [2.45, 2.75) is 17.4 Å². The van der Waals surface area contributed by atoms with Crippen LogP contribution in [0.25, 0.3) is 0 Å². The van der Waals surface area contributed by atoms with Crippen LogP contribution >= 0.6 is 22.7 Å². The molecule has 1 aromatic carbocycles. The van der Waals surface area contributed by atoms with Gasteiger partial charge in [-0.3, -0.25) is 0 Å². The van der Waals surface area contributed by atoms with Gasteiger partial charge in [0.05, 0.1) is 18.0 Å². The molecule has 0 bridgehead atoms. The largest absolute Gasteiger partial charge is 0.497 e. The van der Waals surface area contributed by atoms with Crippen molar-refractivity contribution in [2.24, 2.45) is 0 Å². The Kier molecular flexibility index (Phi) is 4.41. The highest BCUT2D eigenvalue weighted by molar-refractivity contribution is 7.89. The monoisotopic (exact) mass is 391 g/mol. The molecule has 0 fully saturated rings. The van der Waals surface area contributed by atoms with Crippen molar-refractivity contribution >= 4 is 32.7 Å². The lowest BCUT2D eigenvalue weighted by Gasteiger charge is -2.34. The molecule has 2 aromatic heterocycles. The summed E-state index contributed by atoms with van der Waals surface area (Å²) < 4.78 is 33.4. The van der Waals surface area contributed by atoms with E-state index in [0.717, 1.165) is 16.9 Å². The van der Waals surface area contributed by atoms with Gasteiger partial charge in [0.15, 0.2) is 0 Å². The first-order valence-electron chi connectivity index (χ1n) is 7.87. The van der Waals surface area contributed by atoms with E-state index in [0.29, 0.717) is 17.2 Å². The molecule has 130 valence electrons. The number of hydrogen-bond acceptors (Lipinski definition) is 5. The number of rotatable bonds is 4. The highest BCUT2D eigenvalue weighted by Crippen LogP contribution is 2.42. The summed E-state index contributed by atoms with van der Waals surface area (Å²) >= 11 is 3.30. The fourth-order valence-corrected chi connectivity index (χ4v) is 6.59. The molecule has 0 saturated heterocycles. The molecule has 1 aliphatic heterocycles. The van der Waals surface area contributed by atoms with Crippen LogP contribution in [0.3, 0.4) is 0 Å². The van der Waals surface area contributed by atoms with Crippen LogP contribution in [-0.4, -0.2) is 26.4 Å². The number of ether oxygens (including phenoxy) is 1. The Balaban J connectivity index is 1.79. The molecule has 7 heteroatoms. The number of hydrogen-bond donors (Lipinski definition) is 0. The minimum Gasteiger partial charge on any atom is -0.497 e. The van der Waals surface area contributed by atoms with Crippen LogP contribution in [-0.2, 0) is 16.4 Å². The maximum Gasteiger partial charge on any atom is 0.243 e. The van der Waals surface area contributed by atoms with Gasteiger partial charge >= 0.3 is 0 Å². The highest BCUT2D eigenvalue weighted by atomic mass is 32.2. The second-order valence-electron chi connectivity index (χ2n) is 5.76. The Hall–Kier alpha value is -1.67. The van der Waals surface area contributed by atoms with E-state index in [9.17, 15) is 8.42 Å². The second kappa shape index (κ2) is 6.57. The Morgan fingerprint density at radius 1 is 1.08 bits per heavy atom. The van der Waals surface area contributed by atoms with E-state index in [4.69, 9.17) is 4.74 Å². The number of sulfonamides is 1. The molecule has 4 rings (SSSR count). The van der Waals surface area contributed by atoms with E-state index in [2.05, 4.69) is 11.4 Å². The van der Waals surface area contributed by atoms with Crippen LogP contribution in [0.4, 0.5) is 0 Å². The Morgan fingerprint density at radius 2 is 1.88 bits per heavy atom. The van der Waals surface area contributed by atoms with E-state index in [1.165, 1.54) is 4.88 Å². The van der Waals surface area contributed by atoms with Gasteiger partial charge in [0.2, 0.25) is 10.0 Å². The number of nitrogens with zero attached hydrogens (tertiary/aromatic N) is 1. The third-order valence-electron chi connectivity index (χ3n) is 4.40. The summed E-state index contributed by atoms with van der Waals surface area (Å²) in [6.07, 6.45) is 0.754. The summed E-state index contributed by atoms with van der Waals surface area (Å²) in [5.74, 6) is 0.646. The van der Waals surface area contributed by atoms with Crippen LogP contribution in [0.15, 0.2) is 58.1 Å². The van der Waals surface area contributed by atoms with Crippen molar-refractivity contribution in [1.82, 2.24) is 4.31 Å². The van der Waals surface area contributed by atoms with Crippen LogP contribution in [0.1, 0.15) is 21.4 Å². The Labute approximate surface area is 155 Å². The van der Waals surface area contributed by atoms with Crippen molar-refractivity contribution in [2.75, 3.05) is 13.7 Å². The van der Waals surface area contributed by atoms with Crippen molar-refractivity contribution in [3.05, 3.63) is 68.5 Å². The van der Waals surface area contributed by atoms with Gasteiger partial charge in [-0.25, -0.2) is 8.42 Å². The fourth-order valence-electron chi connectivity index (χ4n) is 3.18. The zero-order valence-corrected chi connectivity index (χ0v) is 16.0. The van der Waals surface area contributed by atoms with Gasteiger partial charge in [-0.2, -0.15) is 4.31 Å². The van der Waals surface area contributed by atoms with Gasteiger partial charge in [-0.1, -0.05) is 6.07 Å². The van der Waals surface area contributed by atoms with Crippen LogP contribution < -0.4 is 4.74 Å². The van der Waals surface area contributed by atoms with Gasteiger partial charge in [0, 0.05) is 16.3 Å². The van der Waals surface area contributed by atoms with Crippen molar-refractivity contribution in [1.29, 1.82) is 0 Å². The van der Waals surface area contributed by atoms with E-state index < -0.39 is 10.0 Å². The molecule has 0 N–H and O–H groups in total. The number of fused-ring (bicyclic) bond motifs is 1. The summed E-state index contributed by atoms with van der Waals surface area (Å²) in [7, 11) is -2.03. The number of methoxy groups -OCH3 is 1. The van der Waals surface area contributed by atoms with Gasteiger partial charge in [-0.15, -0.1) is 22.7 Å². The SMILES string of the molecule is COc1ccc(S(=O)(=O)N2CCc3sccc3C2c2cccs2)cc1. The molecule has 3 heterocycles. The van der Waals surface area contributed by atoms with Gasteiger partial charge in [0.1, 0.15) is 5.75 Å². The lowest BCUT2D eigenvalue weighted by atomic mass is 10.0. The number of benzene rings is 1. The van der Waals surface area contributed by atoms with Gasteiger partial charge < -0.3 is 4.74 Å². The average Bonchev–Trinajstić information content (AvgIpc) is 3.32. The maximum atomic E-state index is 13.3. The molecule has 0 spiro atoms. The second-order valence-corrected chi connectivity index (χ2v) is 9.63. The number of thiophene rings is 2. The smallest absolute Gasteiger partial charge is 0.243 e. The predicted molar refractivity (Wildman–Crippen MR) is 101 cm³/mol. The molecule has 0 aliphatic carbocycles. The molecular weight excluding hydrogens is 374 g/mol. The van der Waals surface area contributed by atoms with Crippen LogP contribution in [0.5, 0.6) is 5.75 Å². The summed E-state index contributed by atoms with van der Waals surface area (Å²) in [6, 6.07) is 12.4. The highest BCUT2D eigenvalue weighted by Gasteiger charge is 2.38. The minimum atomic E-state index is -3.59. The van der Waals surface area contributed by atoms with E-state index >= 15 is 0 Å². The third kappa shape index (κ3) is 2.91. The fraction of sp³-hybridized carbons (Fsp3) is 0.222. The first-order valence-corrected chi connectivity index (χ1v) is 11.1.